The summed E-state index contributed by atoms with van der Waals surface area (Å²) in [6.07, 6.45) is 0. The Bertz CT molecular complexity index is 394. The van der Waals surface area contributed by atoms with Gasteiger partial charge in [0.05, 0.1) is 5.60 Å². The zero-order valence-corrected chi connectivity index (χ0v) is 11.0. The fourth-order valence-electron chi connectivity index (χ4n) is 1.40. The average molecular weight is 280 g/mol. The molecular weight excluding hydrogens is 264 g/mol. The summed E-state index contributed by atoms with van der Waals surface area (Å²) in [5.41, 5.74) is -0.352. The summed E-state index contributed by atoms with van der Waals surface area (Å²) < 4.78 is 28.8. The Labute approximate surface area is 110 Å². The predicted octanol–water partition coefficient (Wildman–Crippen LogP) is 2.80. The van der Waals surface area contributed by atoms with Crippen molar-refractivity contribution in [3.05, 3.63) is 28.8 Å². The van der Waals surface area contributed by atoms with Crippen LogP contribution in [-0.2, 0) is 6.54 Å². The van der Waals surface area contributed by atoms with Crippen LogP contribution in [0.1, 0.15) is 19.4 Å². The number of hydrogen-bond acceptors (Lipinski definition) is 3. The molecule has 0 bridgehead atoms. The van der Waals surface area contributed by atoms with Crippen molar-refractivity contribution in [3.63, 3.8) is 0 Å². The molecule has 0 atom stereocenters. The Balaban J connectivity index is 2.70. The predicted molar refractivity (Wildman–Crippen MR) is 66.1 cm³/mol. The lowest BCUT2D eigenvalue weighted by atomic mass is 10.1. The van der Waals surface area contributed by atoms with E-state index in [-0.39, 0.29) is 12.3 Å². The van der Waals surface area contributed by atoms with E-state index >= 15 is 0 Å². The molecule has 6 heteroatoms. The number of benzene rings is 1. The Morgan fingerprint density at radius 1 is 1.44 bits per heavy atom. The monoisotopic (exact) mass is 279 g/mol. The van der Waals surface area contributed by atoms with Crippen LogP contribution in [0.5, 0.6) is 5.75 Å². The van der Waals surface area contributed by atoms with Crippen molar-refractivity contribution in [2.24, 2.45) is 0 Å². The first-order valence-corrected chi connectivity index (χ1v) is 5.82. The second-order valence-electron chi connectivity index (χ2n) is 4.55. The van der Waals surface area contributed by atoms with Crippen LogP contribution in [0.4, 0.5) is 8.78 Å². The Morgan fingerprint density at radius 2 is 2.11 bits per heavy atom. The van der Waals surface area contributed by atoms with Crippen molar-refractivity contribution in [1.29, 1.82) is 0 Å². The summed E-state index contributed by atoms with van der Waals surface area (Å²) in [6.45, 7) is 1.03. The van der Waals surface area contributed by atoms with E-state index in [1.807, 2.05) is 0 Å². The van der Waals surface area contributed by atoms with Crippen molar-refractivity contribution in [2.75, 3.05) is 6.54 Å². The standard InChI is InChI=1S/C12H16ClF2NO2/c1-12(2,17)7-16-6-8-5-9(13)3-4-10(8)18-11(14)15/h3-5,11,16-17H,6-7H2,1-2H3. The molecule has 0 fully saturated rings. The summed E-state index contributed by atoms with van der Waals surface area (Å²) in [7, 11) is 0. The normalized spacial score (nSPS) is 11.9. The highest BCUT2D eigenvalue weighted by Gasteiger charge is 2.13. The van der Waals surface area contributed by atoms with Gasteiger partial charge in [-0.05, 0) is 32.0 Å². The molecule has 0 spiro atoms. The first kappa shape index (κ1) is 15.1. The fraction of sp³-hybridized carbons (Fsp3) is 0.500. The molecule has 1 aromatic rings. The zero-order chi connectivity index (χ0) is 13.8. The lowest BCUT2D eigenvalue weighted by Gasteiger charge is -2.18. The molecule has 1 aromatic carbocycles. The van der Waals surface area contributed by atoms with Crippen molar-refractivity contribution in [3.8, 4) is 5.75 Å². The van der Waals surface area contributed by atoms with E-state index in [1.165, 1.54) is 12.1 Å². The molecule has 0 saturated carbocycles. The summed E-state index contributed by atoms with van der Waals surface area (Å²) >= 11 is 5.80. The first-order valence-electron chi connectivity index (χ1n) is 5.44. The van der Waals surface area contributed by atoms with E-state index in [0.717, 1.165) is 0 Å². The van der Waals surface area contributed by atoms with Crippen LogP contribution in [-0.4, -0.2) is 23.9 Å². The van der Waals surface area contributed by atoms with Gasteiger partial charge in [-0.1, -0.05) is 11.6 Å². The Hall–Kier alpha value is -0.910. The minimum Gasteiger partial charge on any atom is -0.434 e. The van der Waals surface area contributed by atoms with Crippen LogP contribution in [0, 0.1) is 0 Å². The molecule has 0 aliphatic heterocycles. The molecule has 0 saturated heterocycles. The molecule has 0 amide bonds. The van der Waals surface area contributed by atoms with Gasteiger partial charge in [-0.2, -0.15) is 8.78 Å². The average Bonchev–Trinajstić information content (AvgIpc) is 2.19. The van der Waals surface area contributed by atoms with E-state index in [0.29, 0.717) is 17.1 Å². The van der Waals surface area contributed by atoms with Crippen LogP contribution in [0.15, 0.2) is 18.2 Å². The van der Waals surface area contributed by atoms with Crippen molar-refractivity contribution >= 4 is 11.6 Å². The number of ether oxygens (including phenoxy) is 1. The second kappa shape index (κ2) is 6.31. The fourth-order valence-corrected chi connectivity index (χ4v) is 1.59. The molecule has 0 aliphatic carbocycles. The van der Waals surface area contributed by atoms with Gasteiger partial charge >= 0.3 is 6.61 Å². The maximum atomic E-state index is 12.2. The highest BCUT2D eigenvalue weighted by molar-refractivity contribution is 6.30. The second-order valence-corrected chi connectivity index (χ2v) is 4.98. The van der Waals surface area contributed by atoms with Crippen molar-refractivity contribution in [2.45, 2.75) is 32.6 Å². The molecule has 3 nitrogen and oxygen atoms in total. The van der Waals surface area contributed by atoms with Gasteiger partial charge in [0.25, 0.3) is 0 Å². The van der Waals surface area contributed by atoms with E-state index in [9.17, 15) is 13.9 Å². The number of halogens is 3. The number of aliphatic hydroxyl groups is 1. The molecular formula is C12H16ClF2NO2. The molecule has 0 aromatic heterocycles. The summed E-state index contributed by atoms with van der Waals surface area (Å²) in [5.74, 6) is 0.0812. The van der Waals surface area contributed by atoms with Crippen LogP contribution in [0.2, 0.25) is 5.02 Å². The van der Waals surface area contributed by atoms with Crippen LogP contribution in [0.25, 0.3) is 0 Å². The quantitative estimate of drug-likeness (QED) is 0.841. The smallest absolute Gasteiger partial charge is 0.387 e. The zero-order valence-electron chi connectivity index (χ0n) is 10.2. The SMILES string of the molecule is CC(C)(O)CNCc1cc(Cl)ccc1OC(F)F. The third kappa shape index (κ3) is 5.62. The summed E-state index contributed by atoms with van der Waals surface area (Å²) in [5, 5.41) is 12.9. The minimum atomic E-state index is -2.88. The van der Waals surface area contributed by atoms with Crippen LogP contribution >= 0.6 is 11.6 Å². The lowest BCUT2D eigenvalue weighted by molar-refractivity contribution is -0.0505. The molecule has 18 heavy (non-hydrogen) atoms. The Kier molecular flexibility index (Phi) is 5.31. The first-order chi connectivity index (χ1) is 8.28. The maximum Gasteiger partial charge on any atom is 0.387 e. The Morgan fingerprint density at radius 3 is 2.67 bits per heavy atom. The number of nitrogens with one attached hydrogen (secondary N) is 1. The number of hydrogen-bond donors (Lipinski definition) is 2. The van der Waals surface area contributed by atoms with E-state index in [1.54, 1.807) is 19.9 Å². The van der Waals surface area contributed by atoms with Gasteiger partial charge < -0.3 is 15.2 Å². The van der Waals surface area contributed by atoms with E-state index in [2.05, 4.69) is 10.1 Å². The van der Waals surface area contributed by atoms with Crippen molar-refractivity contribution < 1.29 is 18.6 Å². The lowest BCUT2D eigenvalue weighted by Crippen LogP contribution is -2.34. The summed E-state index contributed by atoms with van der Waals surface area (Å²) in [6, 6.07) is 4.44. The van der Waals surface area contributed by atoms with Gasteiger partial charge in [-0.25, -0.2) is 0 Å². The molecule has 0 unspecified atom stereocenters. The third-order valence-electron chi connectivity index (χ3n) is 2.11. The van der Waals surface area contributed by atoms with Gasteiger partial charge in [0.15, 0.2) is 0 Å². The number of rotatable bonds is 6. The molecule has 102 valence electrons. The van der Waals surface area contributed by atoms with E-state index in [4.69, 9.17) is 11.6 Å². The minimum absolute atomic E-state index is 0.0812. The van der Waals surface area contributed by atoms with E-state index < -0.39 is 12.2 Å². The summed E-state index contributed by atoms with van der Waals surface area (Å²) in [4.78, 5) is 0. The van der Waals surface area contributed by atoms with Gasteiger partial charge in [-0.3, -0.25) is 0 Å². The topological polar surface area (TPSA) is 41.5 Å². The number of alkyl halides is 2. The largest absolute Gasteiger partial charge is 0.434 e. The molecule has 1 rings (SSSR count). The van der Waals surface area contributed by atoms with Gasteiger partial charge in [0.1, 0.15) is 5.75 Å². The van der Waals surface area contributed by atoms with Crippen LogP contribution in [0.3, 0.4) is 0 Å². The van der Waals surface area contributed by atoms with Gasteiger partial charge in [0.2, 0.25) is 0 Å². The highest BCUT2D eigenvalue weighted by Crippen LogP contribution is 2.24. The maximum absolute atomic E-state index is 12.2. The molecule has 0 radical (unpaired) electrons. The molecule has 0 aliphatic rings. The van der Waals surface area contributed by atoms with Gasteiger partial charge in [0, 0.05) is 23.7 Å². The molecule has 2 N–H and O–H groups in total. The highest BCUT2D eigenvalue weighted by atomic mass is 35.5. The van der Waals surface area contributed by atoms with Gasteiger partial charge in [-0.15, -0.1) is 0 Å². The third-order valence-corrected chi connectivity index (χ3v) is 2.35. The van der Waals surface area contributed by atoms with Crippen LogP contribution < -0.4 is 10.1 Å². The molecule has 0 heterocycles. The van der Waals surface area contributed by atoms with Crippen molar-refractivity contribution in [1.82, 2.24) is 5.32 Å².